The highest BCUT2D eigenvalue weighted by Gasteiger charge is 2.29. The van der Waals surface area contributed by atoms with Crippen molar-refractivity contribution >= 4 is 23.2 Å². The van der Waals surface area contributed by atoms with Crippen molar-refractivity contribution in [2.75, 3.05) is 30.7 Å². The Kier molecular flexibility index (Phi) is 4.57. The summed E-state index contributed by atoms with van der Waals surface area (Å²) < 4.78 is 0. The van der Waals surface area contributed by atoms with Crippen LogP contribution in [0.4, 0.5) is 11.4 Å². The van der Waals surface area contributed by atoms with Gasteiger partial charge in [-0.05, 0) is 18.6 Å². The second kappa shape index (κ2) is 6.38. The molecule has 2 amide bonds. The SMILES string of the molecule is CCC1C(=O)NCCN1CC(=O)Nc1ccccc1N. The Morgan fingerprint density at radius 3 is 2.95 bits per heavy atom. The lowest BCUT2D eigenvalue weighted by Gasteiger charge is -2.33. The first kappa shape index (κ1) is 14.3. The number of nitrogen functional groups attached to an aromatic ring is 1. The van der Waals surface area contributed by atoms with Gasteiger partial charge in [0, 0.05) is 13.1 Å². The van der Waals surface area contributed by atoms with Crippen LogP contribution in [0.2, 0.25) is 0 Å². The lowest BCUT2D eigenvalue weighted by molar-refractivity contribution is -0.130. The van der Waals surface area contributed by atoms with E-state index in [0.29, 0.717) is 30.9 Å². The van der Waals surface area contributed by atoms with Crippen molar-refractivity contribution in [1.29, 1.82) is 0 Å². The van der Waals surface area contributed by atoms with Gasteiger partial charge in [-0.25, -0.2) is 0 Å². The summed E-state index contributed by atoms with van der Waals surface area (Å²) in [4.78, 5) is 25.7. The molecule has 1 saturated heterocycles. The molecular weight excluding hydrogens is 256 g/mol. The third kappa shape index (κ3) is 3.27. The zero-order chi connectivity index (χ0) is 14.5. The van der Waals surface area contributed by atoms with Crippen molar-refractivity contribution in [2.45, 2.75) is 19.4 Å². The van der Waals surface area contributed by atoms with Crippen molar-refractivity contribution < 1.29 is 9.59 Å². The van der Waals surface area contributed by atoms with Crippen molar-refractivity contribution in [3.05, 3.63) is 24.3 Å². The zero-order valence-electron chi connectivity index (χ0n) is 11.6. The van der Waals surface area contributed by atoms with Crippen molar-refractivity contribution in [3.63, 3.8) is 0 Å². The van der Waals surface area contributed by atoms with E-state index in [4.69, 9.17) is 5.73 Å². The third-order valence-electron chi connectivity index (χ3n) is 3.41. The van der Waals surface area contributed by atoms with Gasteiger partial charge in [-0.1, -0.05) is 19.1 Å². The summed E-state index contributed by atoms with van der Waals surface area (Å²) in [6.45, 7) is 3.40. The molecule has 108 valence electrons. The number of anilines is 2. The summed E-state index contributed by atoms with van der Waals surface area (Å²) in [5.41, 5.74) is 6.92. The molecule has 1 fully saturated rings. The number of piperazine rings is 1. The van der Waals surface area contributed by atoms with Crippen LogP contribution in [0.25, 0.3) is 0 Å². The van der Waals surface area contributed by atoms with Crippen LogP contribution in [-0.4, -0.2) is 42.4 Å². The number of hydrogen-bond acceptors (Lipinski definition) is 4. The summed E-state index contributed by atoms with van der Waals surface area (Å²) in [5.74, 6) is -0.165. The standard InChI is InChI=1S/C14H20N4O2/c1-2-12-14(20)16-7-8-18(12)9-13(19)17-11-6-4-3-5-10(11)15/h3-6,12H,2,7-9,15H2,1H3,(H,16,20)(H,17,19). The van der Waals surface area contributed by atoms with Gasteiger partial charge in [0.15, 0.2) is 0 Å². The average molecular weight is 276 g/mol. The molecule has 1 aliphatic heterocycles. The van der Waals surface area contributed by atoms with Crippen LogP contribution < -0.4 is 16.4 Å². The van der Waals surface area contributed by atoms with Crippen molar-refractivity contribution in [2.24, 2.45) is 0 Å². The number of hydrogen-bond donors (Lipinski definition) is 3. The minimum atomic E-state index is -0.234. The number of amides is 2. The molecule has 1 aromatic carbocycles. The molecule has 0 spiro atoms. The van der Waals surface area contributed by atoms with Crippen LogP contribution >= 0.6 is 0 Å². The Hall–Kier alpha value is -2.08. The molecule has 1 heterocycles. The Morgan fingerprint density at radius 1 is 1.50 bits per heavy atom. The lowest BCUT2D eigenvalue weighted by atomic mass is 10.1. The van der Waals surface area contributed by atoms with Crippen molar-refractivity contribution in [3.8, 4) is 0 Å². The molecule has 1 unspecified atom stereocenters. The molecule has 6 heteroatoms. The first-order valence-electron chi connectivity index (χ1n) is 6.78. The maximum atomic E-state index is 12.1. The molecule has 1 atom stereocenters. The average Bonchev–Trinajstić information content (AvgIpc) is 2.42. The highest BCUT2D eigenvalue weighted by atomic mass is 16.2. The molecule has 6 nitrogen and oxygen atoms in total. The maximum absolute atomic E-state index is 12.1. The predicted molar refractivity (Wildman–Crippen MR) is 78.1 cm³/mol. The Balaban J connectivity index is 1.97. The van der Waals surface area contributed by atoms with Gasteiger partial charge in [-0.15, -0.1) is 0 Å². The normalized spacial score (nSPS) is 19.4. The molecule has 0 saturated carbocycles. The number of para-hydroxylation sites is 2. The smallest absolute Gasteiger partial charge is 0.238 e. The van der Waals surface area contributed by atoms with Gasteiger partial charge in [0.25, 0.3) is 0 Å². The molecule has 0 aliphatic carbocycles. The molecule has 0 radical (unpaired) electrons. The number of nitrogens with zero attached hydrogens (tertiary/aromatic N) is 1. The monoisotopic (exact) mass is 276 g/mol. The Labute approximate surface area is 118 Å². The van der Waals surface area contributed by atoms with E-state index in [9.17, 15) is 9.59 Å². The second-order valence-electron chi connectivity index (χ2n) is 4.82. The molecule has 20 heavy (non-hydrogen) atoms. The number of benzene rings is 1. The number of carbonyl (C=O) groups is 2. The van der Waals surface area contributed by atoms with Gasteiger partial charge >= 0.3 is 0 Å². The largest absolute Gasteiger partial charge is 0.397 e. The van der Waals surface area contributed by atoms with Gasteiger partial charge in [0.1, 0.15) is 0 Å². The molecule has 2 rings (SSSR count). The number of rotatable bonds is 4. The molecule has 0 bridgehead atoms. The summed E-state index contributed by atoms with van der Waals surface area (Å²) >= 11 is 0. The summed E-state index contributed by atoms with van der Waals surface area (Å²) in [5, 5.41) is 5.59. The summed E-state index contributed by atoms with van der Waals surface area (Å²) in [7, 11) is 0. The number of nitrogens with two attached hydrogens (primary N) is 1. The first-order chi connectivity index (χ1) is 9.61. The highest BCUT2D eigenvalue weighted by molar-refractivity contribution is 5.95. The van der Waals surface area contributed by atoms with Gasteiger partial charge in [-0.3, -0.25) is 14.5 Å². The fraction of sp³-hybridized carbons (Fsp3) is 0.429. The maximum Gasteiger partial charge on any atom is 0.238 e. The van der Waals surface area contributed by atoms with Crippen LogP contribution in [0.3, 0.4) is 0 Å². The van der Waals surface area contributed by atoms with E-state index >= 15 is 0 Å². The van der Waals surface area contributed by atoms with Crippen LogP contribution in [0.15, 0.2) is 24.3 Å². The second-order valence-corrected chi connectivity index (χ2v) is 4.82. The third-order valence-corrected chi connectivity index (χ3v) is 3.41. The van der Waals surface area contributed by atoms with Gasteiger partial charge in [0.2, 0.25) is 11.8 Å². The van der Waals surface area contributed by atoms with E-state index in [0.717, 1.165) is 0 Å². The Bertz CT molecular complexity index is 504. The van der Waals surface area contributed by atoms with Crippen LogP contribution in [-0.2, 0) is 9.59 Å². The van der Waals surface area contributed by atoms with E-state index in [1.54, 1.807) is 12.1 Å². The molecule has 4 N–H and O–H groups in total. The number of carbonyl (C=O) groups excluding carboxylic acids is 2. The van der Waals surface area contributed by atoms with Crippen molar-refractivity contribution in [1.82, 2.24) is 10.2 Å². The minimum absolute atomic E-state index is 0.00854. The fourth-order valence-electron chi connectivity index (χ4n) is 2.38. The van der Waals surface area contributed by atoms with E-state index in [2.05, 4.69) is 10.6 Å². The van der Waals surface area contributed by atoms with Gasteiger partial charge in [0.05, 0.1) is 24.0 Å². The minimum Gasteiger partial charge on any atom is -0.397 e. The molecule has 0 aromatic heterocycles. The molecule has 1 aromatic rings. The fourth-order valence-corrected chi connectivity index (χ4v) is 2.38. The lowest BCUT2D eigenvalue weighted by Crippen LogP contribution is -2.56. The topological polar surface area (TPSA) is 87.5 Å². The van der Waals surface area contributed by atoms with Gasteiger partial charge < -0.3 is 16.4 Å². The van der Waals surface area contributed by atoms with Crippen LogP contribution in [0.1, 0.15) is 13.3 Å². The highest BCUT2D eigenvalue weighted by Crippen LogP contribution is 2.17. The Morgan fingerprint density at radius 2 is 2.25 bits per heavy atom. The number of nitrogens with one attached hydrogen (secondary N) is 2. The van der Waals surface area contributed by atoms with Crippen LogP contribution in [0, 0.1) is 0 Å². The molecule has 1 aliphatic rings. The van der Waals surface area contributed by atoms with E-state index in [1.165, 1.54) is 0 Å². The van der Waals surface area contributed by atoms with E-state index in [1.807, 2.05) is 24.0 Å². The first-order valence-corrected chi connectivity index (χ1v) is 6.78. The summed E-state index contributed by atoms with van der Waals surface area (Å²) in [6.07, 6.45) is 0.687. The quantitative estimate of drug-likeness (QED) is 0.695. The van der Waals surface area contributed by atoms with E-state index in [-0.39, 0.29) is 24.4 Å². The summed E-state index contributed by atoms with van der Waals surface area (Å²) in [6, 6.07) is 6.89. The zero-order valence-corrected chi connectivity index (χ0v) is 11.6. The van der Waals surface area contributed by atoms with Gasteiger partial charge in [-0.2, -0.15) is 0 Å². The predicted octanol–water partition coefficient (Wildman–Crippen LogP) is 0.418. The van der Waals surface area contributed by atoms with E-state index < -0.39 is 0 Å². The molecular formula is C14H20N4O2. The van der Waals surface area contributed by atoms with Crippen LogP contribution in [0.5, 0.6) is 0 Å².